The summed E-state index contributed by atoms with van der Waals surface area (Å²) in [6.07, 6.45) is 6.60. The van der Waals surface area contributed by atoms with Crippen LogP contribution in [0.25, 0.3) is 5.70 Å². The Balaban J connectivity index is 2.42. The zero-order chi connectivity index (χ0) is 13.1. The highest BCUT2D eigenvalue weighted by Crippen LogP contribution is 2.24. The van der Waals surface area contributed by atoms with Crippen LogP contribution in [0.5, 0.6) is 0 Å². The Morgan fingerprint density at radius 3 is 2.72 bits per heavy atom. The molecule has 0 aliphatic rings. The van der Waals surface area contributed by atoms with Gasteiger partial charge in [-0.25, -0.2) is 4.98 Å². The maximum atomic E-state index is 12.4. The molecule has 92 valence electrons. The van der Waals surface area contributed by atoms with E-state index in [4.69, 9.17) is 23.2 Å². The first kappa shape index (κ1) is 12.9. The van der Waals surface area contributed by atoms with E-state index in [9.17, 15) is 4.79 Å². The van der Waals surface area contributed by atoms with Crippen molar-refractivity contribution in [1.82, 2.24) is 9.55 Å². The van der Waals surface area contributed by atoms with Crippen LogP contribution in [0.15, 0.2) is 43.0 Å². The summed E-state index contributed by atoms with van der Waals surface area (Å²) in [5.74, 6) is -0.169. The minimum Gasteiger partial charge on any atom is -0.303 e. The van der Waals surface area contributed by atoms with E-state index in [1.807, 2.05) is 0 Å². The van der Waals surface area contributed by atoms with Crippen molar-refractivity contribution >= 4 is 34.7 Å². The Hall–Kier alpha value is -1.58. The molecule has 0 saturated heterocycles. The molecule has 1 heterocycles. The summed E-state index contributed by atoms with van der Waals surface area (Å²) in [6.45, 7) is 1.79. The van der Waals surface area contributed by atoms with E-state index >= 15 is 0 Å². The second kappa shape index (κ2) is 5.38. The minimum atomic E-state index is -0.169. The number of hydrogen-bond acceptors (Lipinski definition) is 2. The van der Waals surface area contributed by atoms with Gasteiger partial charge in [-0.3, -0.25) is 4.79 Å². The van der Waals surface area contributed by atoms with Gasteiger partial charge in [-0.15, -0.1) is 0 Å². The van der Waals surface area contributed by atoms with Crippen LogP contribution in [-0.4, -0.2) is 15.3 Å². The van der Waals surface area contributed by atoms with Gasteiger partial charge < -0.3 is 4.57 Å². The second-order valence-electron chi connectivity index (χ2n) is 3.60. The number of nitrogens with zero attached hydrogens (tertiary/aromatic N) is 2. The molecule has 0 atom stereocenters. The molecule has 0 N–H and O–H groups in total. The fraction of sp³-hybridized carbons (Fsp3) is 0.0769. The molecule has 0 amide bonds. The summed E-state index contributed by atoms with van der Waals surface area (Å²) >= 11 is 11.8. The molecule has 0 spiro atoms. The smallest absolute Gasteiger partial charge is 0.210 e. The van der Waals surface area contributed by atoms with Crippen LogP contribution in [-0.2, 0) is 0 Å². The fourth-order valence-electron chi connectivity index (χ4n) is 1.61. The summed E-state index contributed by atoms with van der Waals surface area (Å²) < 4.78 is 1.65. The largest absolute Gasteiger partial charge is 0.303 e. The van der Waals surface area contributed by atoms with Crippen LogP contribution in [0, 0.1) is 0 Å². The Bertz CT molecular complexity index is 603. The molecule has 0 unspecified atom stereocenters. The van der Waals surface area contributed by atoms with E-state index in [-0.39, 0.29) is 5.78 Å². The molecule has 0 radical (unpaired) electrons. The molecule has 5 heteroatoms. The van der Waals surface area contributed by atoms with Crippen LogP contribution in [0.1, 0.15) is 17.3 Å². The summed E-state index contributed by atoms with van der Waals surface area (Å²) in [6, 6.07) is 4.81. The monoisotopic (exact) mass is 280 g/mol. The van der Waals surface area contributed by atoms with Gasteiger partial charge in [0.05, 0.1) is 17.0 Å². The van der Waals surface area contributed by atoms with E-state index in [0.29, 0.717) is 21.3 Å². The molecule has 2 rings (SSSR count). The van der Waals surface area contributed by atoms with Crippen LogP contribution >= 0.6 is 23.2 Å². The molecule has 0 bridgehead atoms. The van der Waals surface area contributed by atoms with E-state index < -0.39 is 0 Å². The van der Waals surface area contributed by atoms with Gasteiger partial charge in [0.1, 0.15) is 0 Å². The number of halogens is 2. The second-order valence-corrected chi connectivity index (χ2v) is 4.44. The number of benzene rings is 1. The highest BCUT2D eigenvalue weighted by atomic mass is 35.5. The summed E-state index contributed by atoms with van der Waals surface area (Å²) in [5.41, 5.74) is 0.916. The van der Waals surface area contributed by atoms with Crippen LogP contribution in [0.4, 0.5) is 0 Å². The molecular formula is C13H10Cl2N2O. The molecule has 1 aromatic heterocycles. The zero-order valence-electron chi connectivity index (χ0n) is 9.60. The first-order chi connectivity index (χ1) is 8.63. The number of imidazole rings is 1. The predicted octanol–water partition coefficient (Wildman–Crippen LogP) is 3.93. The van der Waals surface area contributed by atoms with Crippen LogP contribution < -0.4 is 0 Å². The first-order valence-corrected chi connectivity index (χ1v) is 6.03. The molecule has 1 aromatic carbocycles. The molecule has 0 fully saturated rings. The van der Waals surface area contributed by atoms with Crippen molar-refractivity contribution in [2.24, 2.45) is 0 Å². The van der Waals surface area contributed by atoms with Gasteiger partial charge in [0.2, 0.25) is 5.78 Å². The lowest BCUT2D eigenvalue weighted by Crippen LogP contribution is -2.08. The van der Waals surface area contributed by atoms with Crippen LogP contribution in [0.2, 0.25) is 10.0 Å². The number of rotatable bonds is 3. The highest BCUT2D eigenvalue weighted by Gasteiger charge is 2.16. The Morgan fingerprint density at radius 2 is 2.17 bits per heavy atom. The van der Waals surface area contributed by atoms with E-state index in [1.54, 1.807) is 54.5 Å². The average Bonchev–Trinajstić information content (AvgIpc) is 2.83. The third-order valence-corrected chi connectivity index (χ3v) is 3.01. The predicted molar refractivity (Wildman–Crippen MR) is 73.0 cm³/mol. The number of aromatic nitrogens is 2. The summed E-state index contributed by atoms with van der Waals surface area (Å²) in [4.78, 5) is 16.3. The normalized spacial score (nSPS) is 11.6. The summed E-state index contributed by atoms with van der Waals surface area (Å²) in [5, 5.41) is 0.841. The van der Waals surface area contributed by atoms with Gasteiger partial charge >= 0.3 is 0 Å². The Morgan fingerprint density at radius 1 is 1.39 bits per heavy atom. The topological polar surface area (TPSA) is 34.9 Å². The van der Waals surface area contributed by atoms with Gasteiger partial charge in [0.25, 0.3) is 0 Å². The van der Waals surface area contributed by atoms with Gasteiger partial charge in [-0.2, -0.15) is 0 Å². The van der Waals surface area contributed by atoms with Gasteiger partial charge in [0, 0.05) is 23.0 Å². The third kappa shape index (κ3) is 2.47. The average molecular weight is 281 g/mol. The number of Topliss-reactive ketones (excluding diaryl/α,β-unsaturated/α-hetero) is 1. The molecule has 0 aliphatic carbocycles. The molecule has 2 aromatic rings. The van der Waals surface area contributed by atoms with Crippen molar-refractivity contribution in [3.05, 3.63) is 58.6 Å². The summed E-state index contributed by atoms with van der Waals surface area (Å²) in [7, 11) is 0. The van der Waals surface area contributed by atoms with Gasteiger partial charge in [0.15, 0.2) is 0 Å². The molecule has 3 nitrogen and oxygen atoms in total. The maximum absolute atomic E-state index is 12.4. The van der Waals surface area contributed by atoms with Crippen molar-refractivity contribution in [1.29, 1.82) is 0 Å². The molecule has 18 heavy (non-hydrogen) atoms. The highest BCUT2D eigenvalue weighted by molar-refractivity contribution is 6.39. The SMILES string of the molecule is CC=C(C(=O)c1ccc(Cl)cc1Cl)n1ccnc1. The number of carbonyl (C=O) groups is 1. The lowest BCUT2D eigenvalue weighted by atomic mass is 10.1. The van der Waals surface area contributed by atoms with E-state index in [2.05, 4.69) is 4.98 Å². The van der Waals surface area contributed by atoms with Gasteiger partial charge in [-0.1, -0.05) is 29.3 Å². The zero-order valence-corrected chi connectivity index (χ0v) is 11.1. The lowest BCUT2D eigenvalue weighted by Gasteiger charge is -2.08. The van der Waals surface area contributed by atoms with Crippen molar-refractivity contribution in [2.75, 3.05) is 0 Å². The molecule has 0 aliphatic heterocycles. The number of allylic oxidation sites excluding steroid dienone is 2. The van der Waals surface area contributed by atoms with E-state index in [1.165, 1.54) is 0 Å². The Labute approximate surface area is 115 Å². The van der Waals surface area contributed by atoms with Crippen molar-refractivity contribution in [2.45, 2.75) is 6.92 Å². The quantitative estimate of drug-likeness (QED) is 0.631. The van der Waals surface area contributed by atoms with Crippen LogP contribution in [0.3, 0.4) is 0 Å². The lowest BCUT2D eigenvalue weighted by molar-refractivity contribution is 0.105. The Kier molecular flexibility index (Phi) is 3.84. The first-order valence-electron chi connectivity index (χ1n) is 5.28. The van der Waals surface area contributed by atoms with Crippen molar-refractivity contribution in [3.63, 3.8) is 0 Å². The standard InChI is InChI=1S/C13H10Cl2N2O/c1-2-12(17-6-5-16-8-17)13(18)10-4-3-9(14)7-11(10)15/h2-8H,1H3. The third-order valence-electron chi connectivity index (χ3n) is 2.46. The fourth-order valence-corrected chi connectivity index (χ4v) is 2.10. The molecular weight excluding hydrogens is 271 g/mol. The van der Waals surface area contributed by atoms with Crippen molar-refractivity contribution in [3.8, 4) is 0 Å². The van der Waals surface area contributed by atoms with Crippen molar-refractivity contribution < 1.29 is 4.79 Å². The maximum Gasteiger partial charge on any atom is 0.210 e. The number of hydrogen-bond donors (Lipinski definition) is 0. The van der Waals surface area contributed by atoms with Gasteiger partial charge in [-0.05, 0) is 25.1 Å². The number of ketones is 1. The minimum absolute atomic E-state index is 0.169. The number of carbonyl (C=O) groups excluding carboxylic acids is 1. The molecule has 0 saturated carbocycles. The van der Waals surface area contributed by atoms with E-state index in [0.717, 1.165) is 0 Å².